The summed E-state index contributed by atoms with van der Waals surface area (Å²) in [5.74, 6) is -0.892. The molecule has 1 N–H and O–H groups in total. The van der Waals surface area contributed by atoms with Crippen molar-refractivity contribution in [2.75, 3.05) is 7.11 Å². The molecule has 17 heavy (non-hydrogen) atoms. The van der Waals surface area contributed by atoms with Gasteiger partial charge in [0.1, 0.15) is 5.75 Å². The molecule has 0 saturated heterocycles. The third-order valence-corrected chi connectivity index (χ3v) is 2.96. The van der Waals surface area contributed by atoms with Gasteiger partial charge in [-0.15, -0.1) is 0 Å². The average Bonchev–Trinajstić information content (AvgIpc) is 2.15. The number of carbonyl (C=O) groups is 1. The van der Waals surface area contributed by atoms with Crippen LogP contribution in [-0.4, -0.2) is 18.2 Å². The maximum Gasteiger partial charge on any atom is 0.311 e. The Bertz CT molecular complexity index is 427. The van der Waals surface area contributed by atoms with Crippen molar-refractivity contribution >= 4 is 17.6 Å². The molecule has 1 aromatic carbocycles. The van der Waals surface area contributed by atoms with E-state index in [0.29, 0.717) is 16.3 Å². The van der Waals surface area contributed by atoms with Crippen molar-refractivity contribution in [2.45, 2.75) is 26.7 Å². The van der Waals surface area contributed by atoms with Crippen LogP contribution in [0.25, 0.3) is 0 Å². The van der Waals surface area contributed by atoms with Crippen molar-refractivity contribution in [1.82, 2.24) is 0 Å². The van der Waals surface area contributed by atoms with Gasteiger partial charge >= 0.3 is 5.97 Å². The van der Waals surface area contributed by atoms with Crippen LogP contribution in [-0.2, 0) is 4.79 Å². The van der Waals surface area contributed by atoms with E-state index < -0.39 is 11.9 Å². The number of benzene rings is 1. The van der Waals surface area contributed by atoms with Gasteiger partial charge in [-0.25, -0.2) is 0 Å². The van der Waals surface area contributed by atoms with Gasteiger partial charge in [-0.1, -0.05) is 25.4 Å². The SMILES string of the molecule is COc1c(C)cc(Cl)cc1C(C(=O)O)C(C)C. The van der Waals surface area contributed by atoms with Gasteiger partial charge in [-0.3, -0.25) is 4.79 Å². The maximum absolute atomic E-state index is 11.3. The van der Waals surface area contributed by atoms with Crippen molar-refractivity contribution in [3.63, 3.8) is 0 Å². The monoisotopic (exact) mass is 256 g/mol. The van der Waals surface area contributed by atoms with E-state index >= 15 is 0 Å². The van der Waals surface area contributed by atoms with Crippen molar-refractivity contribution in [3.8, 4) is 5.75 Å². The predicted molar refractivity (Wildman–Crippen MR) is 68.0 cm³/mol. The molecule has 1 aromatic rings. The molecule has 1 atom stereocenters. The molecule has 0 saturated carbocycles. The Kier molecular flexibility index (Phi) is 4.40. The zero-order valence-corrected chi connectivity index (χ0v) is 11.2. The van der Waals surface area contributed by atoms with Crippen LogP contribution in [0.3, 0.4) is 0 Å². The number of halogens is 1. The first-order chi connectivity index (χ1) is 7.88. The Balaban J connectivity index is 3.41. The highest BCUT2D eigenvalue weighted by Gasteiger charge is 2.27. The third-order valence-electron chi connectivity index (χ3n) is 2.74. The summed E-state index contributed by atoms with van der Waals surface area (Å²) in [4.78, 5) is 11.3. The number of rotatable bonds is 4. The molecular formula is C13H17ClO3. The van der Waals surface area contributed by atoms with Gasteiger partial charge in [-0.05, 0) is 30.5 Å². The highest BCUT2D eigenvalue weighted by Crippen LogP contribution is 2.36. The maximum atomic E-state index is 11.3. The molecule has 0 amide bonds. The van der Waals surface area contributed by atoms with E-state index in [-0.39, 0.29) is 5.92 Å². The van der Waals surface area contributed by atoms with Crippen LogP contribution in [0, 0.1) is 12.8 Å². The number of aryl methyl sites for hydroxylation is 1. The summed E-state index contributed by atoms with van der Waals surface area (Å²) in [6.45, 7) is 5.59. The molecule has 0 aliphatic carbocycles. The minimum Gasteiger partial charge on any atom is -0.496 e. The van der Waals surface area contributed by atoms with E-state index in [1.807, 2.05) is 20.8 Å². The molecule has 94 valence electrons. The number of carboxylic acids is 1. The van der Waals surface area contributed by atoms with E-state index in [2.05, 4.69) is 0 Å². The van der Waals surface area contributed by atoms with Crippen LogP contribution >= 0.6 is 11.6 Å². The van der Waals surface area contributed by atoms with Gasteiger partial charge in [0.2, 0.25) is 0 Å². The Morgan fingerprint density at radius 1 is 1.41 bits per heavy atom. The zero-order valence-electron chi connectivity index (χ0n) is 10.5. The Hall–Kier alpha value is -1.22. The van der Waals surface area contributed by atoms with Gasteiger partial charge in [-0.2, -0.15) is 0 Å². The van der Waals surface area contributed by atoms with Crippen molar-refractivity contribution in [2.24, 2.45) is 5.92 Å². The summed E-state index contributed by atoms with van der Waals surface area (Å²) in [7, 11) is 1.54. The topological polar surface area (TPSA) is 46.5 Å². The van der Waals surface area contributed by atoms with Crippen molar-refractivity contribution in [1.29, 1.82) is 0 Å². The lowest BCUT2D eigenvalue weighted by molar-refractivity contribution is -0.139. The fraction of sp³-hybridized carbons (Fsp3) is 0.462. The van der Waals surface area contributed by atoms with Gasteiger partial charge in [0.15, 0.2) is 0 Å². The number of aliphatic carboxylic acids is 1. The molecule has 0 spiro atoms. The summed E-state index contributed by atoms with van der Waals surface area (Å²) >= 11 is 5.98. The van der Waals surface area contributed by atoms with Crippen molar-refractivity contribution in [3.05, 3.63) is 28.3 Å². The number of ether oxygens (including phenoxy) is 1. The normalized spacial score (nSPS) is 12.6. The molecule has 0 fully saturated rings. The number of methoxy groups -OCH3 is 1. The summed E-state index contributed by atoms with van der Waals surface area (Å²) in [6, 6.07) is 3.44. The average molecular weight is 257 g/mol. The minimum atomic E-state index is -0.861. The van der Waals surface area contributed by atoms with E-state index in [0.717, 1.165) is 5.56 Å². The molecule has 0 aliphatic heterocycles. The van der Waals surface area contributed by atoms with Crippen LogP contribution in [0.1, 0.15) is 30.9 Å². The number of hydrogen-bond acceptors (Lipinski definition) is 2. The first-order valence-corrected chi connectivity index (χ1v) is 5.83. The zero-order chi connectivity index (χ0) is 13.2. The van der Waals surface area contributed by atoms with Crippen LogP contribution in [0.15, 0.2) is 12.1 Å². The molecule has 4 heteroatoms. The quantitative estimate of drug-likeness (QED) is 0.897. The first-order valence-electron chi connectivity index (χ1n) is 5.45. The number of hydrogen-bond donors (Lipinski definition) is 1. The highest BCUT2D eigenvalue weighted by molar-refractivity contribution is 6.30. The largest absolute Gasteiger partial charge is 0.496 e. The minimum absolute atomic E-state index is 0.0285. The Morgan fingerprint density at radius 3 is 2.41 bits per heavy atom. The van der Waals surface area contributed by atoms with E-state index in [1.54, 1.807) is 19.2 Å². The molecule has 0 radical (unpaired) electrons. The van der Waals surface area contributed by atoms with Gasteiger partial charge < -0.3 is 9.84 Å². The van der Waals surface area contributed by atoms with Gasteiger partial charge in [0.05, 0.1) is 13.0 Å². The summed E-state index contributed by atoms with van der Waals surface area (Å²) in [5.41, 5.74) is 1.49. The molecular weight excluding hydrogens is 240 g/mol. The predicted octanol–water partition coefficient (Wildman–Crippen LogP) is 3.48. The molecule has 0 bridgehead atoms. The second-order valence-electron chi connectivity index (χ2n) is 4.41. The van der Waals surface area contributed by atoms with Crippen molar-refractivity contribution < 1.29 is 14.6 Å². The van der Waals surface area contributed by atoms with Crippen LogP contribution in [0.5, 0.6) is 5.75 Å². The fourth-order valence-electron chi connectivity index (χ4n) is 2.04. The van der Waals surface area contributed by atoms with E-state index in [4.69, 9.17) is 16.3 Å². The van der Waals surface area contributed by atoms with Crippen LogP contribution < -0.4 is 4.74 Å². The lowest BCUT2D eigenvalue weighted by Crippen LogP contribution is -2.18. The standard InChI is InChI=1S/C13H17ClO3/c1-7(2)11(13(15)16)10-6-9(14)5-8(3)12(10)17-4/h5-7,11H,1-4H3,(H,15,16). The van der Waals surface area contributed by atoms with Crippen LogP contribution in [0.4, 0.5) is 0 Å². The lowest BCUT2D eigenvalue weighted by atomic mass is 9.87. The highest BCUT2D eigenvalue weighted by atomic mass is 35.5. The fourth-order valence-corrected chi connectivity index (χ4v) is 2.32. The molecule has 0 aliphatic rings. The second-order valence-corrected chi connectivity index (χ2v) is 4.84. The Labute approximate surface area is 106 Å². The van der Waals surface area contributed by atoms with Gasteiger partial charge in [0.25, 0.3) is 0 Å². The lowest BCUT2D eigenvalue weighted by Gasteiger charge is -2.21. The molecule has 1 unspecified atom stereocenters. The van der Waals surface area contributed by atoms with E-state index in [1.165, 1.54) is 0 Å². The Morgan fingerprint density at radius 2 is 2.00 bits per heavy atom. The summed E-state index contributed by atoms with van der Waals surface area (Å²) in [5, 5.41) is 9.83. The van der Waals surface area contributed by atoms with Crippen LogP contribution in [0.2, 0.25) is 5.02 Å². The summed E-state index contributed by atoms with van der Waals surface area (Å²) < 4.78 is 5.29. The summed E-state index contributed by atoms with van der Waals surface area (Å²) in [6.07, 6.45) is 0. The second kappa shape index (κ2) is 5.41. The molecule has 0 aromatic heterocycles. The molecule has 0 heterocycles. The molecule has 1 rings (SSSR count). The number of carboxylic acid groups (broad SMARTS) is 1. The first kappa shape index (κ1) is 13.8. The molecule has 3 nitrogen and oxygen atoms in total. The van der Waals surface area contributed by atoms with Gasteiger partial charge in [0, 0.05) is 10.6 Å². The smallest absolute Gasteiger partial charge is 0.311 e. The third kappa shape index (κ3) is 2.91. The van der Waals surface area contributed by atoms with E-state index in [9.17, 15) is 9.90 Å².